The average Bonchev–Trinajstić information content (AvgIpc) is 3.41. The van der Waals surface area contributed by atoms with Crippen LogP contribution in [0.15, 0.2) is 35.5 Å². The van der Waals surface area contributed by atoms with Gasteiger partial charge in [0.15, 0.2) is 0 Å². The summed E-state index contributed by atoms with van der Waals surface area (Å²) in [7, 11) is 0. The molecule has 4 rings (SSSR count). The zero-order valence-electron chi connectivity index (χ0n) is 20.3. The quantitative estimate of drug-likeness (QED) is 0.566. The van der Waals surface area contributed by atoms with Crippen molar-refractivity contribution in [1.82, 2.24) is 4.98 Å². The lowest BCUT2D eigenvalue weighted by molar-refractivity contribution is 0.102. The van der Waals surface area contributed by atoms with Crippen LogP contribution >= 0.6 is 0 Å². The van der Waals surface area contributed by atoms with Gasteiger partial charge in [-0.2, -0.15) is 0 Å². The highest BCUT2D eigenvalue weighted by Crippen LogP contribution is 2.57. The Morgan fingerprint density at radius 1 is 1.40 bits per heavy atom. The highest BCUT2D eigenvalue weighted by molar-refractivity contribution is 6.03. The molecule has 1 amide bonds. The molecule has 1 saturated carbocycles. The number of aliphatic hydroxyl groups is 1. The largest absolute Gasteiger partial charge is 0.479 e. The maximum absolute atomic E-state index is 14.9. The molecule has 1 aliphatic carbocycles. The summed E-state index contributed by atoms with van der Waals surface area (Å²) in [4.78, 5) is 21.6. The number of nitrogens with zero attached hydrogens (tertiary/aromatic N) is 2. The van der Waals surface area contributed by atoms with E-state index in [0.29, 0.717) is 22.6 Å². The van der Waals surface area contributed by atoms with E-state index in [1.54, 1.807) is 32.9 Å². The normalized spacial score (nSPS) is 24.8. The van der Waals surface area contributed by atoms with Gasteiger partial charge in [-0.3, -0.25) is 4.79 Å². The van der Waals surface area contributed by atoms with Crippen molar-refractivity contribution in [3.63, 3.8) is 0 Å². The number of nitrogens with two attached hydrogens (primary N) is 1. The Hall–Kier alpha value is -3.64. The van der Waals surface area contributed by atoms with Gasteiger partial charge in [0.2, 0.25) is 0 Å². The molecule has 4 N–H and O–H groups in total. The number of anilines is 1. The van der Waals surface area contributed by atoms with Crippen molar-refractivity contribution in [2.75, 3.05) is 11.9 Å². The summed E-state index contributed by atoms with van der Waals surface area (Å²) in [6, 6.07) is 6.12. The summed E-state index contributed by atoms with van der Waals surface area (Å²) in [5.74, 6) is 5.16. The molecule has 1 fully saturated rings. The minimum Gasteiger partial charge on any atom is -0.479 e. The first-order chi connectivity index (χ1) is 16.4. The lowest BCUT2D eigenvalue weighted by Gasteiger charge is -2.30. The SMILES string of the molecule is Cc1cc(OCC#CC(C)(C)O)cnc1C(=O)Nc1ccc(F)c([C@]2(C)N=C(N)O[C@H]3[C@@H](C)[C@@H]32)c1. The van der Waals surface area contributed by atoms with E-state index in [0.717, 1.165) is 0 Å². The van der Waals surface area contributed by atoms with Crippen molar-refractivity contribution in [2.24, 2.45) is 22.6 Å². The molecular formula is C26H29FN4O4. The van der Waals surface area contributed by atoms with E-state index in [1.165, 1.54) is 18.3 Å². The molecule has 1 aromatic heterocycles. The number of rotatable bonds is 5. The third kappa shape index (κ3) is 5.08. The Morgan fingerprint density at radius 2 is 2.14 bits per heavy atom. The Labute approximate surface area is 203 Å². The van der Waals surface area contributed by atoms with Crippen molar-refractivity contribution < 1.29 is 23.8 Å². The Balaban J connectivity index is 1.50. The second kappa shape index (κ2) is 8.86. The zero-order chi connectivity index (χ0) is 25.5. The number of amidine groups is 1. The molecule has 8 nitrogen and oxygen atoms in total. The number of nitrogens with one attached hydrogen (secondary N) is 1. The van der Waals surface area contributed by atoms with Gasteiger partial charge in [0.05, 0.1) is 11.7 Å². The molecule has 1 aromatic carbocycles. The highest BCUT2D eigenvalue weighted by Gasteiger charge is 2.63. The summed E-state index contributed by atoms with van der Waals surface area (Å²) >= 11 is 0. The summed E-state index contributed by atoms with van der Waals surface area (Å²) in [6.45, 7) is 8.84. The van der Waals surface area contributed by atoms with Crippen LogP contribution in [0.25, 0.3) is 0 Å². The van der Waals surface area contributed by atoms with Crippen LogP contribution in [0.2, 0.25) is 0 Å². The maximum atomic E-state index is 14.9. The van der Waals surface area contributed by atoms with Crippen LogP contribution in [0.3, 0.4) is 0 Å². The van der Waals surface area contributed by atoms with Crippen LogP contribution in [-0.2, 0) is 10.3 Å². The van der Waals surface area contributed by atoms with Gasteiger partial charge >= 0.3 is 0 Å². The van der Waals surface area contributed by atoms with Crippen LogP contribution in [0.5, 0.6) is 5.75 Å². The van der Waals surface area contributed by atoms with Crippen molar-refractivity contribution in [3.05, 3.63) is 53.1 Å². The van der Waals surface area contributed by atoms with Gasteiger partial charge in [0.1, 0.15) is 35.6 Å². The molecule has 0 bridgehead atoms. The highest BCUT2D eigenvalue weighted by atomic mass is 19.1. The van der Waals surface area contributed by atoms with Crippen molar-refractivity contribution in [3.8, 4) is 17.6 Å². The Bertz CT molecular complexity index is 1260. The molecule has 4 atom stereocenters. The van der Waals surface area contributed by atoms with E-state index >= 15 is 0 Å². The predicted octanol–water partition coefficient (Wildman–Crippen LogP) is 3.13. The number of aryl methyl sites for hydroxylation is 1. The standard InChI is InChI=1S/C26H29FN4O4/c1-14-11-17(34-10-6-9-25(3,4)33)13-29-21(14)23(32)30-16-7-8-19(27)18(12-16)26(5)20-15(2)22(20)35-24(28)31-26/h7-8,11-13,15,20,22,33H,10H2,1-5H3,(H2,28,31)(H,30,32)/t15-,20-,22-,26-/m0/s1. The van der Waals surface area contributed by atoms with E-state index in [1.807, 2.05) is 13.8 Å². The number of aliphatic imine (C=N–C) groups is 1. The van der Waals surface area contributed by atoms with Crippen molar-refractivity contribution in [2.45, 2.75) is 51.9 Å². The number of carbonyl (C=O) groups is 1. The summed E-state index contributed by atoms with van der Waals surface area (Å²) in [6.07, 6.45) is 1.34. The number of ether oxygens (including phenoxy) is 2. The summed E-state index contributed by atoms with van der Waals surface area (Å²) in [5.41, 5.74) is 5.44. The van der Waals surface area contributed by atoms with Crippen LogP contribution in [0, 0.1) is 36.4 Å². The van der Waals surface area contributed by atoms with Gasteiger partial charge in [-0.05, 0) is 57.5 Å². The first-order valence-corrected chi connectivity index (χ1v) is 11.3. The molecule has 9 heteroatoms. The topological polar surface area (TPSA) is 119 Å². The number of benzene rings is 1. The number of hydrogen-bond acceptors (Lipinski definition) is 7. The van der Waals surface area contributed by atoms with Gasteiger partial charge in [0.25, 0.3) is 11.9 Å². The molecule has 2 heterocycles. The number of aromatic nitrogens is 1. The van der Waals surface area contributed by atoms with Crippen LogP contribution in [0.1, 0.15) is 49.3 Å². The number of carbonyl (C=O) groups excluding carboxylic acids is 1. The fourth-order valence-corrected chi connectivity index (χ4v) is 4.57. The predicted molar refractivity (Wildman–Crippen MR) is 129 cm³/mol. The summed E-state index contributed by atoms with van der Waals surface area (Å²) < 4.78 is 26.0. The van der Waals surface area contributed by atoms with E-state index in [2.05, 4.69) is 27.1 Å². The molecule has 2 aliphatic rings. The Morgan fingerprint density at radius 3 is 2.83 bits per heavy atom. The van der Waals surface area contributed by atoms with E-state index in [9.17, 15) is 14.3 Å². The van der Waals surface area contributed by atoms with E-state index in [-0.39, 0.29) is 36.3 Å². The molecule has 0 unspecified atom stereocenters. The van der Waals surface area contributed by atoms with Gasteiger partial charge in [0, 0.05) is 23.1 Å². The third-order valence-corrected chi connectivity index (χ3v) is 6.29. The molecule has 184 valence electrons. The van der Waals surface area contributed by atoms with E-state index < -0.39 is 22.9 Å². The second-order valence-electron chi connectivity index (χ2n) is 9.70. The average molecular weight is 481 g/mol. The molecule has 0 saturated heterocycles. The van der Waals surface area contributed by atoms with Crippen LogP contribution in [0.4, 0.5) is 10.1 Å². The van der Waals surface area contributed by atoms with Crippen molar-refractivity contribution >= 4 is 17.6 Å². The first-order valence-electron chi connectivity index (χ1n) is 11.3. The number of fused-ring (bicyclic) bond motifs is 1. The van der Waals surface area contributed by atoms with Gasteiger partial charge < -0.3 is 25.6 Å². The molecule has 2 aromatic rings. The fourth-order valence-electron chi connectivity index (χ4n) is 4.57. The molecule has 35 heavy (non-hydrogen) atoms. The van der Waals surface area contributed by atoms with Gasteiger partial charge in [-0.15, -0.1) is 0 Å². The number of amides is 1. The Kier molecular flexibility index (Phi) is 6.20. The lowest BCUT2D eigenvalue weighted by Crippen LogP contribution is -2.35. The minimum atomic E-state index is -1.10. The number of halogens is 1. The molecule has 1 aliphatic heterocycles. The molecule has 0 spiro atoms. The van der Waals surface area contributed by atoms with Gasteiger partial charge in [-0.25, -0.2) is 14.4 Å². The van der Waals surface area contributed by atoms with E-state index in [4.69, 9.17) is 15.2 Å². The van der Waals surface area contributed by atoms with Crippen LogP contribution < -0.4 is 15.8 Å². The van der Waals surface area contributed by atoms with Crippen molar-refractivity contribution in [1.29, 1.82) is 0 Å². The zero-order valence-corrected chi connectivity index (χ0v) is 20.3. The monoisotopic (exact) mass is 480 g/mol. The summed E-state index contributed by atoms with van der Waals surface area (Å²) in [5, 5.41) is 12.4. The minimum absolute atomic E-state index is 0.000142. The smallest absolute Gasteiger partial charge is 0.283 e. The fraction of sp³-hybridized carbons (Fsp3) is 0.423. The second-order valence-corrected chi connectivity index (χ2v) is 9.70. The number of hydrogen-bond donors (Lipinski definition) is 3. The first kappa shape index (κ1) is 24.5. The lowest BCUT2D eigenvalue weighted by atomic mass is 9.85. The molecule has 0 radical (unpaired) electrons. The van der Waals surface area contributed by atoms with Crippen LogP contribution in [-0.4, -0.2) is 40.3 Å². The third-order valence-electron chi connectivity index (χ3n) is 6.29. The number of pyridine rings is 1. The molecular weight excluding hydrogens is 451 g/mol. The van der Waals surface area contributed by atoms with Gasteiger partial charge in [-0.1, -0.05) is 18.8 Å². The maximum Gasteiger partial charge on any atom is 0.283 e.